The van der Waals surface area contributed by atoms with Crippen molar-refractivity contribution in [2.45, 2.75) is 0 Å². The van der Waals surface area contributed by atoms with Crippen LogP contribution in [0.4, 0.5) is 4.39 Å². The van der Waals surface area contributed by atoms with Crippen molar-refractivity contribution in [2.75, 3.05) is 0 Å². The van der Waals surface area contributed by atoms with E-state index in [-0.39, 0.29) is 16.9 Å². The van der Waals surface area contributed by atoms with Gasteiger partial charge in [-0.05, 0) is 36.4 Å². The Morgan fingerprint density at radius 2 is 1.55 bits per heavy atom. The summed E-state index contributed by atoms with van der Waals surface area (Å²) in [6.07, 6.45) is 0. The van der Waals surface area contributed by atoms with Crippen LogP contribution in [0.2, 0.25) is 0 Å². The third-order valence-corrected chi connectivity index (χ3v) is 2.82. The van der Waals surface area contributed by atoms with E-state index >= 15 is 0 Å². The minimum absolute atomic E-state index is 0.209. The van der Waals surface area contributed by atoms with Gasteiger partial charge in [0, 0.05) is 11.1 Å². The van der Waals surface area contributed by atoms with Crippen molar-refractivity contribution < 1.29 is 18.7 Å². The molecule has 0 unspecified atom stereocenters. The molecule has 0 fully saturated rings. The molecule has 0 N–H and O–H groups in total. The molecule has 0 amide bonds. The number of halogens is 1. The van der Waals surface area contributed by atoms with Gasteiger partial charge in [0.2, 0.25) is 0 Å². The highest BCUT2D eigenvalue weighted by Gasteiger charge is 2.29. The zero-order chi connectivity index (χ0) is 14.1. The molecule has 1 aliphatic heterocycles. The van der Waals surface area contributed by atoms with Gasteiger partial charge in [-0.2, -0.15) is 0 Å². The van der Waals surface area contributed by atoms with Gasteiger partial charge < -0.3 is 4.74 Å². The summed E-state index contributed by atoms with van der Waals surface area (Å²) < 4.78 is 17.5. The van der Waals surface area contributed by atoms with Crippen LogP contribution in [0.25, 0.3) is 0 Å². The van der Waals surface area contributed by atoms with Crippen molar-refractivity contribution in [3.8, 4) is 11.8 Å². The molecule has 0 aliphatic carbocycles. The van der Waals surface area contributed by atoms with E-state index in [1.54, 1.807) is 18.2 Å². The summed E-state index contributed by atoms with van der Waals surface area (Å²) in [5.41, 5.74) is 1.54. The number of carbonyl (C=O) groups excluding carboxylic acids is 2. The van der Waals surface area contributed by atoms with Gasteiger partial charge in [0.1, 0.15) is 5.82 Å². The molecule has 1 heterocycles. The van der Waals surface area contributed by atoms with Crippen LogP contribution in [0.5, 0.6) is 0 Å². The Labute approximate surface area is 114 Å². The fraction of sp³-hybridized carbons (Fsp3) is 0. The summed E-state index contributed by atoms with van der Waals surface area (Å²) in [4.78, 5) is 22.7. The molecule has 0 saturated carbocycles. The highest BCUT2D eigenvalue weighted by Crippen LogP contribution is 2.20. The van der Waals surface area contributed by atoms with Crippen LogP contribution in [0.3, 0.4) is 0 Å². The van der Waals surface area contributed by atoms with E-state index in [1.165, 1.54) is 24.3 Å². The first-order valence-corrected chi connectivity index (χ1v) is 5.81. The summed E-state index contributed by atoms with van der Waals surface area (Å²) in [6, 6.07) is 10.5. The Balaban J connectivity index is 1.96. The molecule has 1 aliphatic rings. The van der Waals surface area contributed by atoms with Crippen molar-refractivity contribution in [2.24, 2.45) is 0 Å². The van der Waals surface area contributed by atoms with Crippen molar-refractivity contribution in [3.63, 3.8) is 0 Å². The maximum atomic E-state index is 13.0. The van der Waals surface area contributed by atoms with E-state index in [4.69, 9.17) is 0 Å². The van der Waals surface area contributed by atoms with Gasteiger partial charge in [-0.1, -0.05) is 17.9 Å². The highest BCUT2D eigenvalue weighted by atomic mass is 19.1. The van der Waals surface area contributed by atoms with Crippen molar-refractivity contribution in [1.29, 1.82) is 0 Å². The summed E-state index contributed by atoms with van der Waals surface area (Å²) in [5.74, 6) is 3.94. The number of cyclic esters (lactones) is 2. The fourth-order valence-electron chi connectivity index (χ4n) is 1.87. The molecular formula is C16H7FO3. The molecule has 3 rings (SSSR count). The summed E-state index contributed by atoms with van der Waals surface area (Å²) >= 11 is 0. The van der Waals surface area contributed by atoms with Crippen LogP contribution in [0.15, 0.2) is 42.5 Å². The lowest BCUT2D eigenvalue weighted by molar-refractivity contribution is 0.0444. The second kappa shape index (κ2) is 4.63. The van der Waals surface area contributed by atoms with Crippen LogP contribution in [0, 0.1) is 17.7 Å². The Kier molecular flexibility index (Phi) is 2.81. The van der Waals surface area contributed by atoms with Crippen LogP contribution in [-0.4, -0.2) is 11.9 Å². The van der Waals surface area contributed by atoms with Crippen molar-refractivity contribution >= 4 is 11.9 Å². The number of rotatable bonds is 0. The molecule has 0 bridgehead atoms. The average Bonchev–Trinajstić information content (AvgIpc) is 2.72. The molecule has 0 aromatic heterocycles. The Morgan fingerprint density at radius 1 is 0.850 bits per heavy atom. The fourth-order valence-corrected chi connectivity index (χ4v) is 1.87. The second-order valence-corrected chi connectivity index (χ2v) is 4.20. The minimum Gasteiger partial charge on any atom is -0.386 e. The third kappa shape index (κ3) is 2.17. The molecule has 96 valence electrons. The first kappa shape index (κ1) is 12.1. The number of ether oxygens (including phenoxy) is 1. The SMILES string of the molecule is O=C1OC(=O)c2cc(C#Cc3cccc(F)c3)ccc21. The second-order valence-electron chi connectivity index (χ2n) is 4.20. The van der Waals surface area contributed by atoms with E-state index in [9.17, 15) is 14.0 Å². The Morgan fingerprint density at radius 3 is 2.30 bits per heavy atom. The molecule has 4 heteroatoms. The van der Waals surface area contributed by atoms with Gasteiger partial charge in [-0.15, -0.1) is 0 Å². The smallest absolute Gasteiger partial charge is 0.346 e. The molecule has 0 spiro atoms. The molecule has 0 atom stereocenters. The predicted molar refractivity (Wildman–Crippen MR) is 68.6 cm³/mol. The van der Waals surface area contributed by atoms with Crippen molar-refractivity contribution in [3.05, 3.63) is 70.5 Å². The number of benzene rings is 2. The van der Waals surface area contributed by atoms with E-state index in [0.29, 0.717) is 11.1 Å². The monoisotopic (exact) mass is 266 g/mol. The molecule has 2 aromatic carbocycles. The molecule has 0 radical (unpaired) electrons. The van der Waals surface area contributed by atoms with E-state index in [0.717, 1.165) is 0 Å². The quantitative estimate of drug-likeness (QED) is 0.418. The summed E-state index contributed by atoms with van der Waals surface area (Å²) in [6.45, 7) is 0. The topological polar surface area (TPSA) is 43.4 Å². The summed E-state index contributed by atoms with van der Waals surface area (Å²) in [7, 11) is 0. The molecule has 20 heavy (non-hydrogen) atoms. The standard InChI is InChI=1S/C16H7FO3/c17-12-3-1-2-10(8-12)4-5-11-6-7-13-14(9-11)16(19)20-15(13)18/h1-3,6-9H. The molecule has 3 nitrogen and oxygen atoms in total. The van der Waals surface area contributed by atoms with Crippen LogP contribution in [-0.2, 0) is 4.74 Å². The number of esters is 2. The summed E-state index contributed by atoms with van der Waals surface area (Å²) in [5, 5.41) is 0. The van der Waals surface area contributed by atoms with Gasteiger partial charge >= 0.3 is 11.9 Å². The zero-order valence-corrected chi connectivity index (χ0v) is 10.1. The van der Waals surface area contributed by atoms with E-state index in [1.807, 2.05) is 0 Å². The van der Waals surface area contributed by atoms with Crippen LogP contribution >= 0.6 is 0 Å². The van der Waals surface area contributed by atoms with Crippen LogP contribution in [0.1, 0.15) is 31.8 Å². The highest BCUT2D eigenvalue weighted by molar-refractivity contribution is 6.14. The van der Waals surface area contributed by atoms with Gasteiger partial charge in [0.05, 0.1) is 11.1 Å². The maximum absolute atomic E-state index is 13.0. The normalized spacial score (nSPS) is 12.4. The average molecular weight is 266 g/mol. The van der Waals surface area contributed by atoms with Gasteiger partial charge in [-0.25, -0.2) is 14.0 Å². The molecule has 2 aromatic rings. The molecular weight excluding hydrogens is 259 g/mol. The van der Waals surface area contributed by atoms with Crippen molar-refractivity contribution in [1.82, 2.24) is 0 Å². The number of hydrogen-bond acceptors (Lipinski definition) is 3. The Bertz CT molecular complexity index is 797. The van der Waals surface area contributed by atoms with Crippen LogP contribution < -0.4 is 0 Å². The first-order chi connectivity index (χ1) is 9.63. The lowest BCUT2D eigenvalue weighted by Gasteiger charge is -1.94. The number of carbonyl (C=O) groups is 2. The van der Waals surface area contributed by atoms with Gasteiger partial charge in [0.15, 0.2) is 0 Å². The minimum atomic E-state index is -0.667. The maximum Gasteiger partial charge on any atom is 0.346 e. The van der Waals surface area contributed by atoms with Gasteiger partial charge in [0.25, 0.3) is 0 Å². The number of hydrogen-bond donors (Lipinski definition) is 0. The van der Waals surface area contributed by atoms with Gasteiger partial charge in [-0.3, -0.25) is 0 Å². The Hall–Kier alpha value is -2.93. The van der Waals surface area contributed by atoms with E-state index < -0.39 is 11.9 Å². The van der Waals surface area contributed by atoms with E-state index in [2.05, 4.69) is 16.6 Å². The lowest BCUT2D eigenvalue weighted by atomic mass is 10.1. The third-order valence-electron chi connectivity index (χ3n) is 2.82. The largest absolute Gasteiger partial charge is 0.386 e. The number of fused-ring (bicyclic) bond motifs is 1. The lowest BCUT2D eigenvalue weighted by Crippen LogP contribution is -1.96. The predicted octanol–water partition coefficient (Wildman–Crippen LogP) is 2.54. The first-order valence-electron chi connectivity index (χ1n) is 5.81. The zero-order valence-electron chi connectivity index (χ0n) is 10.1. The molecule has 0 saturated heterocycles.